The third-order valence-electron chi connectivity index (χ3n) is 1.32. The van der Waals surface area contributed by atoms with E-state index >= 15 is 0 Å². The zero-order chi connectivity index (χ0) is 8.43. The van der Waals surface area contributed by atoms with E-state index in [9.17, 15) is 4.79 Å². The molecule has 0 bridgehead atoms. The topological polar surface area (TPSA) is 53.7 Å². The van der Waals surface area contributed by atoms with Crippen molar-refractivity contribution in [3.05, 3.63) is 18.1 Å². The van der Waals surface area contributed by atoms with Crippen LogP contribution in [-0.2, 0) is 0 Å². The average molecular weight is 155 g/mol. The second kappa shape index (κ2) is 2.65. The van der Waals surface area contributed by atoms with Crippen molar-refractivity contribution in [2.75, 3.05) is 19.0 Å². The van der Waals surface area contributed by atoms with Gasteiger partial charge in [0.1, 0.15) is 0 Å². The summed E-state index contributed by atoms with van der Waals surface area (Å²) in [7, 11) is 3.52. The molecule has 4 heteroatoms. The number of rotatable bonds is 2. The Morgan fingerprint density at radius 3 is 2.64 bits per heavy atom. The first-order valence-corrected chi connectivity index (χ1v) is 3.11. The highest BCUT2D eigenvalue weighted by Crippen LogP contribution is 2.18. The molecule has 0 saturated heterocycles. The van der Waals surface area contributed by atoms with Gasteiger partial charge in [0.15, 0.2) is 0 Å². The normalized spacial score (nSPS) is 9.64. The van der Waals surface area contributed by atoms with Crippen molar-refractivity contribution in [3.8, 4) is 0 Å². The van der Waals surface area contributed by atoms with Gasteiger partial charge in [-0.05, 0) is 0 Å². The number of hydrogen-bond acceptors (Lipinski definition) is 3. The van der Waals surface area contributed by atoms with E-state index in [0.717, 1.165) is 0 Å². The predicted octanol–water partition coefficient (Wildman–Crippen LogP) is 1.04. The second-order valence-electron chi connectivity index (χ2n) is 2.33. The number of carboxylic acid groups (broad SMARTS) is 1. The SMILES string of the molecule is CN(C)c1ccoc1C(=O)O. The van der Waals surface area contributed by atoms with Crippen LogP contribution in [0, 0.1) is 0 Å². The molecular weight excluding hydrogens is 146 g/mol. The molecule has 0 unspecified atom stereocenters. The van der Waals surface area contributed by atoms with Crippen LogP contribution in [0.5, 0.6) is 0 Å². The number of carboxylic acids is 1. The Labute approximate surface area is 64.0 Å². The molecule has 0 aliphatic rings. The third kappa shape index (κ3) is 1.34. The van der Waals surface area contributed by atoms with Crippen LogP contribution < -0.4 is 4.90 Å². The highest BCUT2D eigenvalue weighted by atomic mass is 16.4. The van der Waals surface area contributed by atoms with E-state index in [-0.39, 0.29) is 5.76 Å². The zero-order valence-electron chi connectivity index (χ0n) is 6.37. The second-order valence-corrected chi connectivity index (χ2v) is 2.33. The summed E-state index contributed by atoms with van der Waals surface area (Å²) in [5.74, 6) is -1.06. The van der Waals surface area contributed by atoms with Crippen molar-refractivity contribution in [3.63, 3.8) is 0 Å². The van der Waals surface area contributed by atoms with Crippen LogP contribution in [0.4, 0.5) is 5.69 Å². The van der Waals surface area contributed by atoms with Crippen molar-refractivity contribution in [1.29, 1.82) is 0 Å². The Hall–Kier alpha value is -1.45. The maximum Gasteiger partial charge on any atom is 0.374 e. The van der Waals surface area contributed by atoms with Gasteiger partial charge >= 0.3 is 5.97 Å². The van der Waals surface area contributed by atoms with Crippen LogP contribution in [0.25, 0.3) is 0 Å². The maximum absolute atomic E-state index is 10.5. The van der Waals surface area contributed by atoms with E-state index in [1.165, 1.54) is 6.26 Å². The van der Waals surface area contributed by atoms with Crippen LogP contribution in [0.1, 0.15) is 10.6 Å². The van der Waals surface area contributed by atoms with Crippen LogP contribution in [0.3, 0.4) is 0 Å². The zero-order valence-corrected chi connectivity index (χ0v) is 6.37. The minimum atomic E-state index is -1.04. The largest absolute Gasteiger partial charge is 0.475 e. The van der Waals surface area contributed by atoms with Crippen LogP contribution in [0.2, 0.25) is 0 Å². The summed E-state index contributed by atoms with van der Waals surface area (Å²) in [4.78, 5) is 12.2. The van der Waals surface area contributed by atoms with E-state index in [1.54, 1.807) is 25.1 Å². The Morgan fingerprint density at radius 1 is 1.64 bits per heavy atom. The highest BCUT2D eigenvalue weighted by molar-refractivity contribution is 5.91. The lowest BCUT2D eigenvalue weighted by atomic mass is 10.3. The summed E-state index contributed by atoms with van der Waals surface area (Å²) >= 11 is 0. The van der Waals surface area contributed by atoms with E-state index in [4.69, 9.17) is 9.52 Å². The van der Waals surface area contributed by atoms with Gasteiger partial charge in [-0.15, -0.1) is 0 Å². The molecular formula is C7H9NO3. The van der Waals surface area contributed by atoms with Gasteiger partial charge in [-0.25, -0.2) is 4.79 Å². The first kappa shape index (κ1) is 7.65. The van der Waals surface area contributed by atoms with Crippen molar-refractivity contribution >= 4 is 11.7 Å². The summed E-state index contributed by atoms with van der Waals surface area (Å²) < 4.78 is 4.75. The molecule has 0 spiro atoms. The molecule has 0 saturated carbocycles. The first-order valence-electron chi connectivity index (χ1n) is 3.11. The number of hydrogen-bond donors (Lipinski definition) is 1. The van der Waals surface area contributed by atoms with E-state index in [2.05, 4.69) is 0 Å². The number of carbonyl (C=O) groups is 1. The van der Waals surface area contributed by atoms with Crippen LogP contribution in [0.15, 0.2) is 16.7 Å². The molecule has 0 amide bonds. The van der Waals surface area contributed by atoms with Gasteiger partial charge in [-0.2, -0.15) is 0 Å². The van der Waals surface area contributed by atoms with Crippen molar-refractivity contribution < 1.29 is 14.3 Å². The molecule has 60 valence electrons. The smallest absolute Gasteiger partial charge is 0.374 e. The van der Waals surface area contributed by atoms with Gasteiger partial charge in [0.2, 0.25) is 5.76 Å². The van der Waals surface area contributed by atoms with E-state index < -0.39 is 5.97 Å². The Kier molecular flexibility index (Phi) is 1.85. The van der Waals surface area contributed by atoms with Gasteiger partial charge in [-0.3, -0.25) is 0 Å². The first-order chi connectivity index (χ1) is 5.13. The fourth-order valence-corrected chi connectivity index (χ4v) is 0.815. The standard InChI is InChI=1S/C7H9NO3/c1-8(2)5-3-4-11-6(5)7(9)10/h3-4H,1-2H3,(H,9,10). The molecule has 1 N–H and O–H groups in total. The number of furan rings is 1. The van der Waals surface area contributed by atoms with Gasteiger partial charge in [0.05, 0.1) is 12.0 Å². The third-order valence-corrected chi connectivity index (χ3v) is 1.32. The number of nitrogens with zero attached hydrogens (tertiary/aromatic N) is 1. The summed E-state index contributed by atoms with van der Waals surface area (Å²) in [6.45, 7) is 0. The lowest BCUT2D eigenvalue weighted by Crippen LogP contribution is -2.11. The Bertz CT molecular complexity index is 264. The number of anilines is 1. The molecule has 0 aliphatic heterocycles. The summed E-state index contributed by atoms with van der Waals surface area (Å²) in [6, 6.07) is 1.61. The molecule has 0 aromatic carbocycles. The van der Waals surface area contributed by atoms with Crippen molar-refractivity contribution in [2.45, 2.75) is 0 Å². The molecule has 0 atom stereocenters. The Balaban J connectivity index is 3.06. The molecule has 4 nitrogen and oxygen atoms in total. The molecule has 1 aromatic heterocycles. The lowest BCUT2D eigenvalue weighted by molar-refractivity contribution is 0.0663. The lowest BCUT2D eigenvalue weighted by Gasteiger charge is -2.08. The van der Waals surface area contributed by atoms with E-state index in [0.29, 0.717) is 5.69 Å². The summed E-state index contributed by atoms with van der Waals surface area (Å²) in [6.07, 6.45) is 1.36. The molecule has 0 aliphatic carbocycles. The highest BCUT2D eigenvalue weighted by Gasteiger charge is 2.14. The summed E-state index contributed by atoms with van der Waals surface area (Å²) in [5.41, 5.74) is 0.581. The van der Waals surface area contributed by atoms with Gasteiger partial charge in [0, 0.05) is 20.2 Å². The van der Waals surface area contributed by atoms with Crippen molar-refractivity contribution in [1.82, 2.24) is 0 Å². The maximum atomic E-state index is 10.5. The van der Waals surface area contributed by atoms with E-state index in [1.807, 2.05) is 0 Å². The fraction of sp³-hybridized carbons (Fsp3) is 0.286. The minimum Gasteiger partial charge on any atom is -0.475 e. The monoisotopic (exact) mass is 155 g/mol. The molecule has 1 aromatic rings. The molecule has 0 fully saturated rings. The quantitative estimate of drug-likeness (QED) is 0.693. The van der Waals surface area contributed by atoms with Gasteiger partial charge < -0.3 is 14.4 Å². The van der Waals surface area contributed by atoms with Gasteiger partial charge in [-0.1, -0.05) is 0 Å². The molecule has 1 rings (SSSR count). The minimum absolute atomic E-state index is 0.0185. The van der Waals surface area contributed by atoms with Crippen molar-refractivity contribution in [2.24, 2.45) is 0 Å². The summed E-state index contributed by atoms with van der Waals surface area (Å²) in [5, 5.41) is 8.58. The molecule has 11 heavy (non-hydrogen) atoms. The molecule has 1 heterocycles. The van der Waals surface area contributed by atoms with Crippen LogP contribution in [-0.4, -0.2) is 25.2 Å². The fourth-order valence-electron chi connectivity index (χ4n) is 0.815. The van der Waals surface area contributed by atoms with Crippen LogP contribution >= 0.6 is 0 Å². The molecule has 0 radical (unpaired) electrons. The number of aromatic carboxylic acids is 1. The Morgan fingerprint density at radius 2 is 2.27 bits per heavy atom. The predicted molar refractivity (Wildman–Crippen MR) is 40.0 cm³/mol. The van der Waals surface area contributed by atoms with Gasteiger partial charge in [0.25, 0.3) is 0 Å². The average Bonchev–Trinajstić information content (AvgIpc) is 2.32.